The zero-order valence-electron chi connectivity index (χ0n) is 9.39. The molecule has 0 spiro atoms. The van der Waals surface area contributed by atoms with Crippen LogP contribution < -0.4 is 11.2 Å². The molecule has 0 aliphatic heterocycles. The van der Waals surface area contributed by atoms with Crippen LogP contribution in [0, 0.1) is 5.82 Å². The van der Waals surface area contributed by atoms with Crippen molar-refractivity contribution in [3.8, 4) is 0 Å². The molecule has 2 heterocycles. The van der Waals surface area contributed by atoms with Crippen molar-refractivity contribution >= 4 is 0 Å². The minimum Gasteiger partial charge on any atom is -0.311 e. The zero-order valence-corrected chi connectivity index (χ0v) is 9.39. The number of nitrogens with zero attached hydrogens (tertiary/aromatic N) is 2. The quantitative estimate of drug-likeness (QED) is 0.755. The third-order valence-corrected chi connectivity index (χ3v) is 1.77. The smallest absolute Gasteiger partial charge is 0.311 e. The Balaban J connectivity index is 0.000000180. The third-order valence-electron chi connectivity index (χ3n) is 1.77. The van der Waals surface area contributed by atoms with Gasteiger partial charge in [0.1, 0.15) is 6.33 Å². The van der Waals surface area contributed by atoms with Gasteiger partial charge >= 0.3 is 5.69 Å². The Hall–Kier alpha value is -2.57. The molecule has 0 radical (unpaired) electrons. The lowest BCUT2D eigenvalue weighted by Gasteiger charge is -1.89. The van der Waals surface area contributed by atoms with E-state index in [0.717, 1.165) is 12.0 Å². The van der Waals surface area contributed by atoms with E-state index in [1.807, 2.05) is 11.1 Å². The van der Waals surface area contributed by atoms with Crippen LogP contribution in [0.25, 0.3) is 0 Å². The van der Waals surface area contributed by atoms with Crippen LogP contribution in [0.1, 0.15) is 5.56 Å². The molecular formula is C11H11FN4O2. The fourth-order valence-electron chi connectivity index (χ4n) is 0.995. The average molecular weight is 250 g/mol. The van der Waals surface area contributed by atoms with Crippen LogP contribution in [-0.2, 0) is 6.42 Å². The van der Waals surface area contributed by atoms with Crippen LogP contribution >= 0.6 is 0 Å². The first-order valence-electron chi connectivity index (χ1n) is 4.95. The summed E-state index contributed by atoms with van der Waals surface area (Å²) in [6.45, 7) is 3.60. The number of allylic oxidation sites excluding steroid dienone is 1. The first-order valence-corrected chi connectivity index (χ1v) is 4.95. The molecule has 2 rings (SSSR count). The largest absolute Gasteiger partial charge is 0.325 e. The van der Waals surface area contributed by atoms with Crippen LogP contribution in [0.15, 0.2) is 47.2 Å². The van der Waals surface area contributed by atoms with Crippen molar-refractivity contribution in [2.45, 2.75) is 6.42 Å². The maximum absolute atomic E-state index is 12.0. The summed E-state index contributed by atoms with van der Waals surface area (Å²) in [6, 6.07) is 0. The SMILES string of the molecule is C=CCc1cncnc1.O=c1[nH]cc(F)c(=O)[nH]1. The van der Waals surface area contributed by atoms with Crippen molar-refractivity contribution in [1.29, 1.82) is 0 Å². The van der Waals surface area contributed by atoms with Gasteiger partial charge < -0.3 is 4.98 Å². The van der Waals surface area contributed by atoms with Gasteiger partial charge in [-0.2, -0.15) is 4.39 Å². The summed E-state index contributed by atoms with van der Waals surface area (Å²) >= 11 is 0. The predicted molar refractivity (Wildman–Crippen MR) is 63.6 cm³/mol. The Kier molecular flexibility index (Phi) is 5.17. The van der Waals surface area contributed by atoms with Gasteiger partial charge in [0.25, 0.3) is 5.56 Å². The average Bonchev–Trinajstić information content (AvgIpc) is 2.37. The van der Waals surface area contributed by atoms with Gasteiger partial charge in [0, 0.05) is 18.6 Å². The number of rotatable bonds is 2. The van der Waals surface area contributed by atoms with Crippen LogP contribution in [-0.4, -0.2) is 19.9 Å². The molecule has 94 valence electrons. The van der Waals surface area contributed by atoms with Crippen LogP contribution in [0.4, 0.5) is 4.39 Å². The second kappa shape index (κ2) is 6.89. The number of nitrogens with one attached hydrogen (secondary N) is 2. The predicted octanol–water partition coefficient (Wildman–Crippen LogP) is 0.407. The summed E-state index contributed by atoms with van der Waals surface area (Å²) in [5, 5.41) is 0. The van der Waals surface area contributed by atoms with Gasteiger partial charge in [-0.15, -0.1) is 6.58 Å². The molecule has 2 aromatic rings. The molecule has 0 unspecified atom stereocenters. The monoisotopic (exact) mass is 250 g/mol. The lowest BCUT2D eigenvalue weighted by molar-refractivity contribution is 0.597. The van der Waals surface area contributed by atoms with E-state index in [9.17, 15) is 14.0 Å². The molecular weight excluding hydrogens is 239 g/mol. The van der Waals surface area contributed by atoms with E-state index < -0.39 is 17.1 Å². The number of hydrogen-bond acceptors (Lipinski definition) is 4. The van der Waals surface area contributed by atoms with E-state index in [-0.39, 0.29) is 0 Å². The molecule has 0 aromatic carbocycles. The molecule has 6 nitrogen and oxygen atoms in total. The third kappa shape index (κ3) is 4.52. The minimum absolute atomic E-state index is 0.707. The number of H-pyrrole nitrogens is 2. The molecule has 0 aliphatic rings. The molecule has 18 heavy (non-hydrogen) atoms. The van der Waals surface area contributed by atoms with Crippen molar-refractivity contribution < 1.29 is 4.39 Å². The van der Waals surface area contributed by atoms with Crippen molar-refractivity contribution in [3.05, 3.63) is 69.8 Å². The van der Waals surface area contributed by atoms with Gasteiger partial charge in [0.2, 0.25) is 5.82 Å². The van der Waals surface area contributed by atoms with E-state index in [2.05, 4.69) is 16.5 Å². The molecule has 0 saturated heterocycles. The number of aromatic amines is 2. The fourth-order valence-corrected chi connectivity index (χ4v) is 0.995. The number of hydrogen-bond donors (Lipinski definition) is 2. The van der Waals surface area contributed by atoms with E-state index >= 15 is 0 Å². The van der Waals surface area contributed by atoms with E-state index in [1.165, 1.54) is 6.33 Å². The summed E-state index contributed by atoms with van der Waals surface area (Å²) in [6.07, 6.45) is 8.48. The Morgan fingerprint density at radius 2 is 2.00 bits per heavy atom. The van der Waals surface area contributed by atoms with Gasteiger partial charge in [-0.05, 0) is 12.0 Å². The van der Waals surface area contributed by atoms with Gasteiger partial charge in [-0.3, -0.25) is 9.78 Å². The highest BCUT2D eigenvalue weighted by Gasteiger charge is 1.93. The molecule has 7 heteroatoms. The topological polar surface area (TPSA) is 91.5 Å². The lowest BCUT2D eigenvalue weighted by Crippen LogP contribution is -2.23. The second-order valence-electron chi connectivity index (χ2n) is 3.16. The van der Waals surface area contributed by atoms with Gasteiger partial charge in [0.15, 0.2) is 0 Å². The van der Waals surface area contributed by atoms with E-state index in [1.54, 1.807) is 17.4 Å². The maximum Gasteiger partial charge on any atom is 0.325 e. The first-order chi connectivity index (χ1) is 8.63. The lowest BCUT2D eigenvalue weighted by atomic mass is 10.2. The van der Waals surface area contributed by atoms with Crippen molar-refractivity contribution in [2.75, 3.05) is 0 Å². The molecule has 0 aliphatic carbocycles. The summed E-state index contributed by atoms with van der Waals surface area (Å²) in [5.41, 5.74) is -0.604. The van der Waals surface area contributed by atoms with Crippen LogP contribution in [0.5, 0.6) is 0 Å². The molecule has 0 bridgehead atoms. The Morgan fingerprint density at radius 3 is 2.50 bits per heavy atom. The Labute approximate surface area is 101 Å². The van der Waals surface area contributed by atoms with Gasteiger partial charge in [0.05, 0.1) is 0 Å². The minimum atomic E-state index is -1.00. The van der Waals surface area contributed by atoms with Crippen LogP contribution in [0.3, 0.4) is 0 Å². The summed E-state index contributed by atoms with van der Waals surface area (Å²) in [5.74, 6) is -0.991. The maximum atomic E-state index is 12.0. The summed E-state index contributed by atoms with van der Waals surface area (Å²) in [7, 11) is 0. The number of halogens is 1. The highest BCUT2D eigenvalue weighted by molar-refractivity contribution is 5.06. The molecule has 2 aromatic heterocycles. The van der Waals surface area contributed by atoms with Crippen molar-refractivity contribution in [1.82, 2.24) is 19.9 Å². The van der Waals surface area contributed by atoms with Crippen LogP contribution in [0.2, 0.25) is 0 Å². The van der Waals surface area contributed by atoms with Gasteiger partial charge in [-0.1, -0.05) is 6.08 Å². The zero-order chi connectivity index (χ0) is 13.4. The normalized spacial score (nSPS) is 9.17. The van der Waals surface area contributed by atoms with E-state index in [0.29, 0.717) is 6.20 Å². The number of aromatic nitrogens is 4. The Morgan fingerprint density at radius 1 is 1.33 bits per heavy atom. The Bertz CT molecular complexity index is 606. The molecule has 0 fully saturated rings. The van der Waals surface area contributed by atoms with E-state index in [4.69, 9.17) is 0 Å². The fraction of sp³-hybridized carbons (Fsp3) is 0.0909. The molecule has 2 N–H and O–H groups in total. The highest BCUT2D eigenvalue weighted by Crippen LogP contribution is 1.93. The van der Waals surface area contributed by atoms with Crippen molar-refractivity contribution in [2.24, 2.45) is 0 Å². The molecule has 0 amide bonds. The summed E-state index contributed by atoms with van der Waals surface area (Å²) < 4.78 is 12.0. The highest BCUT2D eigenvalue weighted by atomic mass is 19.1. The second-order valence-corrected chi connectivity index (χ2v) is 3.16. The molecule has 0 atom stereocenters. The van der Waals surface area contributed by atoms with Gasteiger partial charge in [-0.25, -0.2) is 14.8 Å². The van der Waals surface area contributed by atoms with Crippen molar-refractivity contribution in [3.63, 3.8) is 0 Å². The molecule has 0 saturated carbocycles. The first kappa shape index (κ1) is 13.5. The standard InChI is InChI=1S/C7H8N2.C4H3FN2O2/c1-2-3-7-4-8-6-9-5-7;5-2-1-6-4(9)7-3(2)8/h2,4-6H,1,3H2;1H,(H2,6,7,8,9). The summed E-state index contributed by atoms with van der Waals surface area (Å²) in [4.78, 5) is 31.7.